The third-order valence-corrected chi connectivity index (χ3v) is 12.2. The minimum Gasteiger partial charge on any atom is -0.379 e. The summed E-state index contributed by atoms with van der Waals surface area (Å²) in [5.41, 5.74) is 0.548. The molecule has 2 aromatic rings. The predicted molar refractivity (Wildman–Crippen MR) is 156 cm³/mol. The van der Waals surface area contributed by atoms with Crippen LogP contribution in [0, 0.1) is 10.8 Å². The Morgan fingerprint density at radius 2 is 1.65 bits per heavy atom. The van der Waals surface area contributed by atoms with Gasteiger partial charge in [0.05, 0.1) is 23.1 Å². The van der Waals surface area contributed by atoms with E-state index in [0.29, 0.717) is 26.3 Å². The zero-order valence-corrected chi connectivity index (χ0v) is 25.8. The minimum atomic E-state index is -3.87. The molecule has 4 rings (SSSR count). The van der Waals surface area contributed by atoms with Gasteiger partial charge in [0.2, 0.25) is 20.0 Å². The van der Waals surface area contributed by atoms with E-state index in [1.165, 1.54) is 51.1 Å². The van der Waals surface area contributed by atoms with Gasteiger partial charge in [-0.15, -0.1) is 0 Å². The van der Waals surface area contributed by atoms with Gasteiger partial charge in [0.15, 0.2) is 0 Å². The van der Waals surface area contributed by atoms with Crippen molar-refractivity contribution in [1.82, 2.24) is 8.61 Å². The number of halogens is 1. The smallest absolute Gasteiger partial charge is 0.255 e. The lowest BCUT2D eigenvalue weighted by Gasteiger charge is -2.34. The monoisotopic (exact) mass is 611 g/mol. The van der Waals surface area contributed by atoms with Gasteiger partial charge in [0.1, 0.15) is 4.90 Å². The minimum absolute atomic E-state index is 0.0512. The predicted octanol–water partition coefficient (Wildman–Crippen LogP) is 4.84. The zero-order valence-electron chi connectivity index (χ0n) is 23.4. The highest BCUT2D eigenvalue weighted by Gasteiger charge is 2.42. The number of morpholine rings is 1. The Kier molecular flexibility index (Phi) is 9.04. The molecule has 2 fully saturated rings. The standard InChI is InChI=1S/C28H38ClN3O6S2/c1-5-27(2,3)19-28(4)12-13-32(20-28)39(34,35)23-9-6-21(7-10-23)26(33)30-22-8-11-24(29)25(18-22)40(36,37)31-14-16-38-17-15-31/h6-11,18H,5,12-17,19-20H2,1-4H3,(H,30,33). The number of nitrogens with zero attached hydrogens (tertiary/aromatic N) is 2. The molecule has 2 aliphatic heterocycles. The van der Waals surface area contributed by atoms with Crippen molar-refractivity contribution in [2.24, 2.45) is 10.8 Å². The van der Waals surface area contributed by atoms with Crippen LogP contribution in [0.4, 0.5) is 5.69 Å². The summed E-state index contributed by atoms with van der Waals surface area (Å²) < 4.78 is 61.0. The summed E-state index contributed by atoms with van der Waals surface area (Å²) in [6, 6.07) is 10.1. The van der Waals surface area contributed by atoms with E-state index in [2.05, 4.69) is 33.0 Å². The SMILES string of the molecule is CCC(C)(C)CC1(C)CCN(S(=O)(=O)c2ccc(C(=O)Nc3ccc(Cl)c(S(=O)(=O)N4CCOCC4)c3)cc2)C1. The zero-order chi connectivity index (χ0) is 29.3. The third-order valence-electron chi connectivity index (χ3n) is 7.92. The van der Waals surface area contributed by atoms with Gasteiger partial charge in [-0.05, 0) is 66.1 Å². The van der Waals surface area contributed by atoms with Crippen LogP contribution in [0.2, 0.25) is 5.02 Å². The summed E-state index contributed by atoms with van der Waals surface area (Å²) in [6.45, 7) is 10.7. The highest BCUT2D eigenvalue weighted by atomic mass is 35.5. The maximum Gasteiger partial charge on any atom is 0.255 e. The topological polar surface area (TPSA) is 113 Å². The van der Waals surface area contributed by atoms with Crippen molar-refractivity contribution in [3.05, 3.63) is 53.1 Å². The molecule has 0 aliphatic carbocycles. The van der Waals surface area contributed by atoms with Crippen LogP contribution in [-0.4, -0.2) is 70.7 Å². The summed E-state index contributed by atoms with van der Waals surface area (Å²) in [7, 11) is -7.57. The quantitative estimate of drug-likeness (QED) is 0.434. The van der Waals surface area contributed by atoms with Crippen molar-refractivity contribution in [2.45, 2.75) is 56.7 Å². The molecule has 1 amide bonds. The molecule has 0 aromatic heterocycles. The van der Waals surface area contributed by atoms with E-state index in [4.69, 9.17) is 16.3 Å². The van der Waals surface area contributed by atoms with Crippen LogP contribution < -0.4 is 5.32 Å². The number of anilines is 1. The number of ether oxygens (including phenoxy) is 1. The van der Waals surface area contributed by atoms with Crippen molar-refractivity contribution in [3.63, 3.8) is 0 Å². The first-order valence-electron chi connectivity index (χ1n) is 13.5. The number of hydrogen-bond donors (Lipinski definition) is 1. The van der Waals surface area contributed by atoms with E-state index < -0.39 is 26.0 Å². The van der Waals surface area contributed by atoms with Crippen LogP contribution in [0.25, 0.3) is 0 Å². The largest absolute Gasteiger partial charge is 0.379 e. The molecule has 220 valence electrons. The molecule has 2 aliphatic rings. The average Bonchev–Trinajstić information content (AvgIpc) is 3.31. The molecule has 1 atom stereocenters. The van der Waals surface area contributed by atoms with Gasteiger partial charge in [-0.25, -0.2) is 16.8 Å². The second-order valence-electron chi connectivity index (χ2n) is 11.7. The fourth-order valence-electron chi connectivity index (χ4n) is 5.44. The number of amides is 1. The molecule has 0 radical (unpaired) electrons. The van der Waals surface area contributed by atoms with E-state index in [1.807, 2.05) is 0 Å². The van der Waals surface area contributed by atoms with E-state index >= 15 is 0 Å². The first-order valence-corrected chi connectivity index (χ1v) is 16.7. The Labute approximate surface area is 242 Å². The molecule has 1 unspecified atom stereocenters. The number of carbonyl (C=O) groups is 1. The van der Waals surface area contributed by atoms with E-state index in [-0.39, 0.29) is 50.0 Å². The molecule has 40 heavy (non-hydrogen) atoms. The van der Waals surface area contributed by atoms with Crippen molar-refractivity contribution in [3.8, 4) is 0 Å². The summed E-state index contributed by atoms with van der Waals surface area (Å²) in [6.07, 6.45) is 2.78. The molecule has 2 heterocycles. The van der Waals surface area contributed by atoms with Gasteiger partial charge in [-0.3, -0.25) is 4.79 Å². The Hall–Kier alpha value is -2.02. The first-order chi connectivity index (χ1) is 18.7. The summed E-state index contributed by atoms with van der Waals surface area (Å²) in [4.78, 5) is 13.0. The molecule has 12 heteroatoms. The van der Waals surface area contributed by atoms with Crippen LogP contribution in [-0.2, 0) is 24.8 Å². The van der Waals surface area contributed by atoms with Gasteiger partial charge in [0.25, 0.3) is 5.91 Å². The lowest BCUT2D eigenvalue weighted by atomic mass is 9.72. The van der Waals surface area contributed by atoms with Crippen LogP contribution in [0.3, 0.4) is 0 Å². The van der Waals surface area contributed by atoms with Gasteiger partial charge >= 0.3 is 0 Å². The van der Waals surface area contributed by atoms with Crippen molar-refractivity contribution in [1.29, 1.82) is 0 Å². The molecule has 0 saturated carbocycles. The van der Waals surface area contributed by atoms with Gasteiger partial charge < -0.3 is 10.1 Å². The lowest BCUT2D eigenvalue weighted by Crippen LogP contribution is -2.40. The number of nitrogens with one attached hydrogen (secondary N) is 1. The normalized spacial score (nSPS) is 21.4. The number of benzene rings is 2. The Morgan fingerprint density at radius 1 is 1.00 bits per heavy atom. The second kappa shape index (κ2) is 11.7. The molecule has 0 bridgehead atoms. The highest BCUT2D eigenvalue weighted by molar-refractivity contribution is 7.89. The van der Waals surface area contributed by atoms with Crippen LogP contribution in [0.15, 0.2) is 52.3 Å². The molecule has 2 saturated heterocycles. The van der Waals surface area contributed by atoms with Crippen molar-refractivity contribution >= 4 is 43.2 Å². The first kappa shape index (κ1) is 30.9. The average molecular weight is 612 g/mol. The maximum atomic E-state index is 13.4. The van der Waals surface area contributed by atoms with Crippen LogP contribution in [0.5, 0.6) is 0 Å². The van der Waals surface area contributed by atoms with Crippen LogP contribution in [0.1, 0.15) is 57.3 Å². The van der Waals surface area contributed by atoms with Crippen molar-refractivity contribution < 1.29 is 26.4 Å². The van der Waals surface area contributed by atoms with E-state index in [0.717, 1.165) is 19.3 Å². The Morgan fingerprint density at radius 3 is 2.27 bits per heavy atom. The third kappa shape index (κ3) is 6.71. The lowest BCUT2D eigenvalue weighted by molar-refractivity contribution is 0.0730. The van der Waals surface area contributed by atoms with E-state index in [9.17, 15) is 21.6 Å². The summed E-state index contributed by atoms with van der Waals surface area (Å²) in [5.74, 6) is -0.503. The van der Waals surface area contributed by atoms with Crippen molar-refractivity contribution in [2.75, 3.05) is 44.7 Å². The number of rotatable bonds is 9. The molecule has 1 N–H and O–H groups in total. The second-order valence-corrected chi connectivity index (χ2v) is 16.0. The van der Waals surface area contributed by atoms with Gasteiger partial charge in [-0.2, -0.15) is 8.61 Å². The summed E-state index contributed by atoms with van der Waals surface area (Å²) in [5, 5.41) is 2.74. The molecular weight excluding hydrogens is 574 g/mol. The fourth-order valence-corrected chi connectivity index (χ4v) is 8.94. The number of hydrogen-bond acceptors (Lipinski definition) is 6. The molecular formula is C28H38ClN3O6S2. The fraction of sp³-hybridized carbons (Fsp3) is 0.536. The van der Waals surface area contributed by atoms with Gasteiger partial charge in [0, 0.05) is 37.4 Å². The molecule has 9 nitrogen and oxygen atoms in total. The summed E-state index contributed by atoms with van der Waals surface area (Å²) >= 11 is 6.21. The molecule has 0 spiro atoms. The molecule has 2 aromatic carbocycles. The number of carbonyl (C=O) groups excluding carboxylic acids is 1. The Balaban J connectivity index is 1.46. The maximum absolute atomic E-state index is 13.4. The number of sulfonamides is 2. The van der Waals surface area contributed by atoms with E-state index in [1.54, 1.807) is 0 Å². The highest BCUT2D eigenvalue weighted by Crippen LogP contribution is 2.43. The van der Waals surface area contributed by atoms with Gasteiger partial charge in [-0.1, -0.05) is 45.7 Å². The van der Waals surface area contributed by atoms with Crippen LogP contribution >= 0.6 is 11.6 Å². The Bertz CT molecular complexity index is 1460.